The summed E-state index contributed by atoms with van der Waals surface area (Å²) in [5.74, 6) is 3.34. The van der Waals surface area contributed by atoms with Crippen molar-refractivity contribution >= 4 is 78.4 Å². The fourth-order valence-electron chi connectivity index (χ4n) is 16.0. The highest BCUT2D eigenvalue weighted by molar-refractivity contribution is 7.17. The summed E-state index contributed by atoms with van der Waals surface area (Å²) in [6.07, 6.45) is 32.9. The molecular formula is C56H60N2O6S2. The number of hydrogen-bond acceptors (Lipinski definition) is 10. The number of Topliss-reactive ketones (excluding diaryl/α,β-unsaturated/α-hetero) is 4. The van der Waals surface area contributed by atoms with E-state index in [1.54, 1.807) is 22.7 Å². The van der Waals surface area contributed by atoms with Crippen LogP contribution < -0.4 is 0 Å². The van der Waals surface area contributed by atoms with Crippen LogP contribution in [0.2, 0.25) is 0 Å². The SMILES string of the molecule is O=C1C(=Nc2cc3c(s2)C2=CC4C=C5OC6(CCCCC6)c6cc(N=C7C(=O)C8CC9CCCCC9CC8C7=O)sc6C5=CC4C=C2OC32CCCCC2)C(=O)C2CC3CCCCC3CC12. The van der Waals surface area contributed by atoms with Crippen LogP contribution in [-0.4, -0.2) is 34.6 Å². The zero-order chi connectivity index (χ0) is 44.1. The second-order valence-corrected chi connectivity index (χ2v) is 24.8. The Hall–Kier alpha value is -4.02. The molecule has 2 aromatic rings. The lowest BCUT2D eigenvalue weighted by Gasteiger charge is -2.46. The Bertz CT molecular complexity index is 2440. The van der Waals surface area contributed by atoms with Crippen molar-refractivity contribution in [3.63, 3.8) is 0 Å². The van der Waals surface area contributed by atoms with Crippen molar-refractivity contribution < 1.29 is 28.7 Å². The molecule has 0 radical (unpaired) electrons. The molecule has 10 unspecified atom stereocenters. The molecule has 0 saturated heterocycles. The fourth-order valence-corrected chi connectivity index (χ4v) is 18.3. The quantitative estimate of drug-likeness (QED) is 0.297. The topological polar surface area (TPSA) is 111 Å². The number of carbonyl (C=O) groups excluding carboxylic acids is 4. The highest BCUT2D eigenvalue weighted by atomic mass is 32.1. The van der Waals surface area contributed by atoms with Crippen molar-refractivity contribution in [1.29, 1.82) is 0 Å². The van der Waals surface area contributed by atoms with Gasteiger partial charge < -0.3 is 9.47 Å². The van der Waals surface area contributed by atoms with Gasteiger partial charge in [-0.2, -0.15) is 0 Å². The third-order valence-corrected chi connectivity index (χ3v) is 21.4. The lowest BCUT2D eigenvalue weighted by Crippen LogP contribution is -2.37. The first-order valence-corrected chi connectivity index (χ1v) is 27.8. The van der Waals surface area contributed by atoms with Crippen LogP contribution in [-0.2, 0) is 39.9 Å². The van der Waals surface area contributed by atoms with E-state index in [1.807, 2.05) is 0 Å². The van der Waals surface area contributed by atoms with E-state index in [1.165, 1.54) is 75.3 Å². The van der Waals surface area contributed by atoms with Crippen LogP contribution in [0.5, 0.6) is 0 Å². The van der Waals surface area contributed by atoms with Gasteiger partial charge in [0.05, 0.1) is 0 Å². The molecule has 0 aromatic carbocycles. The molecular weight excluding hydrogens is 861 g/mol. The molecule has 8 nitrogen and oxygen atoms in total. The van der Waals surface area contributed by atoms with Gasteiger partial charge in [-0.3, -0.25) is 19.2 Å². The molecule has 2 aliphatic heterocycles. The van der Waals surface area contributed by atoms with E-state index in [0.717, 1.165) is 119 Å². The molecule has 10 aliphatic carbocycles. The number of rotatable bonds is 2. The molecule has 14 rings (SSSR count). The molecule has 10 heteroatoms. The van der Waals surface area contributed by atoms with E-state index in [2.05, 4.69) is 36.4 Å². The number of fused-ring (bicyclic) bond motifs is 13. The third-order valence-electron chi connectivity index (χ3n) is 19.3. The van der Waals surface area contributed by atoms with E-state index >= 15 is 0 Å². The molecule has 0 N–H and O–H groups in total. The van der Waals surface area contributed by atoms with Gasteiger partial charge in [-0.15, -0.1) is 22.7 Å². The van der Waals surface area contributed by atoms with Crippen LogP contribution in [0, 0.1) is 59.2 Å². The highest BCUT2D eigenvalue weighted by Gasteiger charge is 2.55. The van der Waals surface area contributed by atoms with Gasteiger partial charge in [0.1, 0.15) is 32.7 Å². The van der Waals surface area contributed by atoms with Crippen molar-refractivity contribution in [2.45, 2.75) is 152 Å². The molecule has 8 fully saturated rings. The predicted octanol–water partition coefficient (Wildman–Crippen LogP) is 12.8. The number of allylic oxidation sites excluding steroid dienone is 6. The Labute approximate surface area is 395 Å². The number of nitrogens with zero attached hydrogens (tertiary/aromatic N) is 2. The molecule has 4 heterocycles. The highest BCUT2D eigenvalue weighted by Crippen LogP contribution is 2.60. The summed E-state index contributed by atoms with van der Waals surface area (Å²) in [7, 11) is 0. The Morgan fingerprint density at radius 2 is 0.803 bits per heavy atom. The van der Waals surface area contributed by atoms with Gasteiger partial charge in [-0.25, -0.2) is 9.98 Å². The maximum Gasteiger partial charge on any atom is 0.188 e. The average Bonchev–Trinajstić information content (AvgIpc) is 4.09. The lowest BCUT2D eigenvalue weighted by molar-refractivity contribution is -0.123. The van der Waals surface area contributed by atoms with E-state index in [4.69, 9.17) is 19.5 Å². The number of aliphatic imine (C=N–C) groups is 2. The first-order valence-electron chi connectivity index (χ1n) is 26.1. The molecule has 66 heavy (non-hydrogen) atoms. The van der Waals surface area contributed by atoms with Crippen molar-refractivity contribution in [2.75, 3.05) is 0 Å². The van der Waals surface area contributed by atoms with Crippen LogP contribution in [0.1, 0.15) is 162 Å². The lowest BCUT2D eigenvalue weighted by atomic mass is 9.64. The van der Waals surface area contributed by atoms with E-state index in [9.17, 15) is 19.2 Å². The minimum atomic E-state index is -0.463. The Kier molecular flexibility index (Phi) is 9.47. The van der Waals surface area contributed by atoms with E-state index < -0.39 is 11.2 Å². The average molecular weight is 921 g/mol. The van der Waals surface area contributed by atoms with Crippen molar-refractivity contribution in [3.05, 3.63) is 68.8 Å². The summed E-state index contributed by atoms with van der Waals surface area (Å²) >= 11 is 3.25. The summed E-state index contributed by atoms with van der Waals surface area (Å²) in [4.78, 5) is 68.4. The van der Waals surface area contributed by atoms with Crippen molar-refractivity contribution in [2.24, 2.45) is 69.2 Å². The van der Waals surface area contributed by atoms with Gasteiger partial charge in [-0.05, 0) is 125 Å². The van der Waals surface area contributed by atoms with Gasteiger partial charge in [0.2, 0.25) is 0 Å². The first-order chi connectivity index (χ1) is 32.2. The molecule has 0 amide bonds. The molecule has 2 aromatic heterocycles. The maximum absolute atomic E-state index is 14.0. The number of carbonyl (C=O) groups is 4. The summed E-state index contributed by atoms with van der Waals surface area (Å²) in [6, 6.07) is 4.32. The molecule has 8 saturated carbocycles. The maximum atomic E-state index is 14.0. The predicted molar refractivity (Wildman–Crippen MR) is 257 cm³/mol. The number of hydrogen-bond donors (Lipinski definition) is 0. The summed E-state index contributed by atoms with van der Waals surface area (Å²) in [6.45, 7) is 0. The van der Waals surface area contributed by atoms with Gasteiger partial charge in [0.15, 0.2) is 34.6 Å². The monoisotopic (exact) mass is 920 g/mol. The Balaban J connectivity index is 0.808. The standard InChI is InChI=1S/C56H60N2O6S2/c59-49-35-19-29-11-3-4-12-30(29)20-36(35)50(60)47(49)57-45-27-41-53(65-45)39-23-34-26-44-40(24-33(34)25-43(39)63-55(41)15-7-1-8-16-55)54-42(56(64-44)17-9-2-10-18-56)28-46(66-54)58-48-51(61)37-21-31-13-5-6-14-32(31)22-38(37)52(48)62/h23-38H,1-22H2. The van der Waals surface area contributed by atoms with Gasteiger partial charge >= 0.3 is 0 Å². The molecule has 0 bridgehead atoms. The zero-order valence-electron chi connectivity index (χ0n) is 38.0. The van der Waals surface area contributed by atoms with Crippen molar-refractivity contribution in [1.82, 2.24) is 0 Å². The third kappa shape index (κ3) is 6.16. The second-order valence-electron chi connectivity index (χ2n) is 22.7. The molecule has 10 atom stereocenters. The minimum Gasteiger partial charge on any atom is -0.482 e. The molecule has 2 spiro atoms. The molecule has 12 aliphatic rings. The largest absolute Gasteiger partial charge is 0.482 e. The number of thiophene rings is 2. The zero-order valence-corrected chi connectivity index (χ0v) is 39.6. The first kappa shape index (κ1) is 41.0. The summed E-state index contributed by atoms with van der Waals surface area (Å²) < 4.78 is 14.5. The van der Waals surface area contributed by atoms with Gasteiger partial charge in [-0.1, -0.05) is 76.4 Å². The van der Waals surface area contributed by atoms with Crippen LogP contribution in [0.15, 0.2) is 57.9 Å². The van der Waals surface area contributed by atoms with Crippen LogP contribution in [0.25, 0.3) is 11.1 Å². The Morgan fingerprint density at radius 3 is 1.15 bits per heavy atom. The van der Waals surface area contributed by atoms with Crippen LogP contribution in [0.3, 0.4) is 0 Å². The van der Waals surface area contributed by atoms with E-state index in [0.29, 0.717) is 23.7 Å². The van der Waals surface area contributed by atoms with Crippen molar-refractivity contribution in [3.8, 4) is 0 Å². The second kappa shape index (κ2) is 15.2. The normalized spacial score (nSPS) is 36.7. The van der Waals surface area contributed by atoms with Gasteiger partial charge in [0.25, 0.3) is 0 Å². The fraction of sp³-hybridized carbons (Fsp3) is 0.607. The summed E-state index contributed by atoms with van der Waals surface area (Å²) in [5, 5.41) is 1.49. The summed E-state index contributed by atoms with van der Waals surface area (Å²) in [5.41, 5.74) is 3.95. The number of ether oxygens (including phenoxy) is 2. The van der Waals surface area contributed by atoms with E-state index in [-0.39, 0.29) is 70.1 Å². The van der Waals surface area contributed by atoms with Crippen LogP contribution in [0.4, 0.5) is 10.0 Å². The van der Waals surface area contributed by atoms with Crippen LogP contribution >= 0.6 is 22.7 Å². The Morgan fingerprint density at radius 1 is 0.455 bits per heavy atom. The number of ketones is 4. The van der Waals surface area contributed by atoms with Gasteiger partial charge in [0, 0.05) is 67.5 Å². The smallest absolute Gasteiger partial charge is 0.188 e. The molecule has 342 valence electrons. The minimum absolute atomic E-state index is 0.0205.